The summed E-state index contributed by atoms with van der Waals surface area (Å²) in [7, 11) is 0. The van der Waals surface area contributed by atoms with Crippen molar-refractivity contribution in [2.24, 2.45) is 0 Å². The molecular formula is C14H15NO2. The Morgan fingerprint density at radius 2 is 1.94 bits per heavy atom. The molecular weight excluding hydrogens is 214 g/mol. The van der Waals surface area contributed by atoms with Gasteiger partial charge in [-0.05, 0) is 24.6 Å². The maximum Gasteiger partial charge on any atom is 0.166 e. The third-order valence-corrected chi connectivity index (χ3v) is 2.99. The van der Waals surface area contributed by atoms with Crippen LogP contribution in [0.2, 0.25) is 0 Å². The lowest BCUT2D eigenvalue weighted by Gasteiger charge is -2.18. The highest BCUT2D eigenvalue weighted by atomic mass is 16.3. The summed E-state index contributed by atoms with van der Waals surface area (Å²) in [5.41, 5.74) is 2.45. The second-order valence-corrected chi connectivity index (χ2v) is 3.98. The highest BCUT2D eigenvalue weighted by molar-refractivity contribution is 5.73. The second-order valence-electron chi connectivity index (χ2n) is 3.98. The SMILES string of the molecule is CC(c1ccccc1)n1c(C=O)ccc1CO. The molecule has 17 heavy (non-hydrogen) atoms. The fourth-order valence-electron chi connectivity index (χ4n) is 2.09. The van der Waals surface area contributed by atoms with Crippen molar-refractivity contribution < 1.29 is 9.90 Å². The Hall–Kier alpha value is -1.87. The maximum absolute atomic E-state index is 11.0. The monoisotopic (exact) mass is 229 g/mol. The van der Waals surface area contributed by atoms with Crippen molar-refractivity contribution in [3.05, 3.63) is 59.4 Å². The Kier molecular flexibility index (Phi) is 3.40. The van der Waals surface area contributed by atoms with Gasteiger partial charge in [-0.25, -0.2) is 0 Å². The van der Waals surface area contributed by atoms with E-state index in [0.29, 0.717) is 5.69 Å². The first-order valence-electron chi connectivity index (χ1n) is 5.59. The van der Waals surface area contributed by atoms with Crippen LogP contribution in [0.15, 0.2) is 42.5 Å². The number of rotatable bonds is 4. The topological polar surface area (TPSA) is 42.2 Å². The molecule has 3 heteroatoms. The van der Waals surface area contributed by atoms with E-state index in [1.54, 1.807) is 12.1 Å². The quantitative estimate of drug-likeness (QED) is 0.818. The number of aliphatic hydroxyl groups is 1. The molecule has 0 fully saturated rings. The first kappa shape index (κ1) is 11.6. The molecule has 0 aliphatic carbocycles. The highest BCUT2D eigenvalue weighted by Gasteiger charge is 2.14. The molecule has 2 aromatic rings. The minimum Gasteiger partial charge on any atom is -0.390 e. The zero-order chi connectivity index (χ0) is 12.3. The Morgan fingerprint density at radius 1 is 1.24 bits per heavy atom. The van der Waals surface area contributed by atoms with E-state index in [4.69, 9.17) is 0 Å². The summed E-state index contributed by atoms with van der Waals surface area (Å²) in [6.45, 7) is 1.95. The van der Waals surface area contributed by atoms with Crippen LogP contribution in [0.25, 0.3) is 0 Å². The van der Waals surface area contributed by atoms with Crippen molar-refractivity contribution in [3.63, 3.8) is 0 Å². The fraction of sp³-hybridized carbons (Fsp3) is 0.214. The number of hydrogen-bond donors (Lipinski definition) is 1. The molecule has 0 saturated carbocycles. The van der Waals surface area contributed by atoms with Crippen LogP contribution in [0.5, 0.6) is 0 Å². The Labute approximate surface area is 100 Å². The van der Waals surface area contributed by atoms with Gasteiger partial charge in [-0.3, -0.25) is 4.79 Å². The molecule has 0 bridgehead atoms. The molecule has 1 atom stereocenters. The summed E-state index contributed by atoms with van der Waals surface area (Å²) in [6.07, 6.45) is 0.818. The van der Waals surface area contributed by atoms with Crippen LogP contribution in [0.4, 0.5) is 0 Å². The zero-order valence-electron chi connectivity index (χ0n) is 9.71. The second kappa shape index (κ2) is 4.97. The number of aliphatic hydroxyl groups excluding tert-OH is 1. The Balaban J connectivity index is 2.46. The van der Waals surface area contributed by atoms with Crippen molar-refractivity contribution in [3.8, 4) is 0 Å². The zero-order valence-corrected chi connectivity index (χ0v) is 9.71. The number of benzene rings is 1. The van der Waals surface area contributed by atoms with Crippen LogP contribution in [-0.4, -0.2) is 16.0 Å². The molecule has 88 valence electrons. The number of hydrogen-bond acceptors (Lipinski definition) is 2. The van der Waals surface area contributed by atoms with Crippen LogP contribution < -0.4 is 0 Å². The standard InChI is InChI=1S/C14H15NO2/c1-11(12-5-3-2-4-6-12)15-13(9-16)7-8-14(15)10-17/h2-9,11,17H,10H2,1H3. The maximum atomic E-state index is 11.0. The molecule has 1 unspecified atom stereocenters. The molecule has 0 amide bonds. The van der Waals surface area contributed by atoms with Crippen molar-refractivity contribution in [2.45, 2.75) is 19.6 Å². The minimum atomic E-state index is -0.0645. The summed E-state index contributed by atoms with van der Waals surface area (Å²) >= 11 is 0. The Bertz CT molecular complexity index is 502. The first-order chi connectivity index (χ1) is 8.27. The Morgan fingerprint density at radius 3 is 2.53 bits per heavy atom. The van der Waals surface area contributed by atoms with E-state index in [0.717, 1.165) is 17.5 Å². The lowest BCUT2D eigenvalue weighted by molar-refractivity contribution is 0.111. The molecule has 1 aromatic heterocycles. The summed E-state index contributed by atoms with van der Waals surface area (Å²) < 4.78 is 1.86. The van der Waals surface area contributed by atoms with E-state index in [2.05, 4.69) is 0 Å². The van der Waals surface area contributed by atoms with Crippen LogP contribution >= 0.6 is 0 Å². The highest BCUT2D eigenvalue weighted by Crippen LogP contribution is 2.22. The average Bonchev–Trinajstić information content (AvgIpc) is 2.81. The molecule has 1 N–H and O–H groups in total. The number of aldehydes is 1. The molecule has 0 radical (unpaired) electrons. The number of nitrogens with zero attached hydrogens (tertiary/aromatic N) is 1. The van der Waals surface area contributed by atoms with Crippen molar-refractivity contribution in [2.75, 3.05) is 0 Å². The third-order valence-electron chi connectivity index (χ3n) is 2.99. The van der Waals surface area contributed by atoms with Gasteiger partial charge in [0.15, 0.2) is 6.29 Å². The summed E-state index contributed by atoms with van der Waals surface area (Å²) in [5.74, 6) is 0. The van der Waals surface area contributed by atoms with Crippen molar-refractivity contribution in [1.29, 1.82) is 0 Å². The van der Waals surface area contributed by atoms with Gasteiger partial charge in [0.1, 0.15) is 0 Å². The molecule has 2 rings (SSSR count). The van der Waals surface area contributed by atoms with E-state index in [1.807, 2.05) is 41.8 Å². The lowest BCUT2D eigenvalue weighted by Crippen LogP contribution is -2.13. The van der Waals surface area contributed by atoms with Gasteiger partial charge in [0.25, 0.3) is 0 Å². The van der Waals surface area contributed by atoms with Crippen molar-refractivity contribution in [1.82, 2.24) is 4.57 Å². The van der Waals surface area contributed by atoms with Crippen molar-refractivity contribution >= 4 is 6.29 Å². The van der Waals surface area contributed by atoms with Crippen LogP contribution in [0, 0.1) is 0 Å². The third kappa shape index (κ3) is 2.15. The first-order valence-corrected chi connectivity index (χ1v) is 5.59. The van der Waals surface area contributed by atoms with Gasteiger partial charge in [-0.1, -0.05) is 30.3 Å². The predicted molar refractivity (Wildman–Crippen MR) is 66.0 cm³/mol. The van der Waals surface area contributed by atoms with Crippen LogP contribution in [0.3, 0.4) is 0 Å². The van der Waals surface area contributed by atoms with E-state index in [-0.39, 0.29) is 12.6 Å². The normalized spacial score (nSPS) is 12.4. The van der Waals surface area contributed by atoms with Gasteiger partial charge in [0, 0.05) is 5.69 Å². The molecule has 0 aliphatic rings. The lowest BCUT2D eigenvalue weighted by atomic mass is 10.1. The molecule has 0 saturated heterocycles. The molecule has 1 aromatic carbocycles. The molecule has 1 heterocycles. The molecule has 3 nitrogen and oxygen atoms in total. The number of carbonyl (C=O) groups excluding carboxylic acids is 1. The van der Waals surface area contributed by atoms with Gasteiger partial charge < -0.3 is 9.67 Å². The molecule has 0 spiro atoms. The van der Waals surface area contributed by atoms with E-state index in [1.165, 1.54) is 0 Å². The molecule has 0 aliphatic heterocycles. The van der Waals surface area contributed by atoms with E-state index >= 15 is 0 Å². The fourth-order valence-corrected chi connectivity index (χ4v) is 2.09. The summed E-state index contributed by atoms with van der Waals surface area (Å²) in [6, 6.07) is 13.5. The summed E-state index contributed by atoms with van der Waals surface area (Å²) in [5, 5.41) is 9.29. The number of carbonyl (C=O) groups is 1. The largest absolute Gasteiger partial charge is 0.390 e. The van der Waals surface area contributed by atoms with Crippen LogP contribution in [-0.2, 0) is 6.61 Å². The summed E-state index contributed by atoms with van der Waals surface area (Å²) in [4.78, 5) is 11.0. The van der Waals surface area contributed by atoms with Gasteiger partial charge >= 0.3 is 0 Å². The number of aromatic nitrogens is 1. The van der Waals surface area contributed by atoms with Gasteiger partial charge in [0.2, 0.25) is 0 Å². The minimum absolute atomic E-state index is 0.0357. The van der Waals surface area contributed by atoms with E-state index < -0.39 is 0 Å². The van der Waals surface area contributed by atoms with Gasteiger partial charge in [-0.15, -0.1) is 0 Å². The predicted octanol–water partition coefficient (Wildman–Crippen LogP) is 2.40. The van der Waals surface area contributed by atoms with Crippen LogP contribution in [0.1, 0.15) is 34.7 Å². The smallest absolute Gasteiger partial charge is 0.166 e. The van der Waals surface area contributed by atoms with Gasteiger partial charge in [-0.2, -0.15) is 0 Å². The van der Waals surface area contributed by atoms with E-state index in [9.17, 15) is 9.90 Å². The average molecular weight is 229 g/mol. The van der Waals surface area contributed by atoms with Gasteiger partial charge in [0.05, 0.1) is 18.3 Å².